The van der Waals surface area contributed by atoms with E-state index in [0.29, 0.717) is 21.6 Å². The lowest BCUT2D eigenvalue weighted by molar-refractivity contribution is -0.274. The Labute approximate surface area is 111 Å². The summed E-state index contributed by atoms with van der Waals surface area (Å²) in [6.45, 7) is 0.274. The number of halogens is 4. The number of hydrogen-bond donors (Lipinski definition) is 0. The minimum Gasteiger partial charge on any atom is -0.406 e. The van der Waals surface area contributed by atoms with E-state index in [0.717, 1.165) is 0 Å². The number of nitrogens with zero attached hydrogens (tertiary/aromatic N) is 1. The molecule has 0 aliphatic carbocycles. The van der Waals surface area contributed by atoms with Gasteiger partial charge >= 0.3 is 6.36 Å². The van der Waals surface area contributed by atoms with Crippen LogP contribution in [0.1, 0.15) is 5.69 Å². The summed E-state index contributed by atoms with van der Waals surface area (Å²) in [6, 6.07) is 5.36. The molecule has 0 N–H and O–H groups in total. The van der Waals surface area contributed by atoms with Crippen molar-refractivity contribution in [2.75, 3.05) is 7.11 Å². The van der Waals surface area contributed by atoms with Crippen LogP contribution >= 0.6 is 11.6 Å². The molecule has 7 heteroatoms. The highest BCUT2D eigenvalue weighted by atomic mass is 35.5. The fraction of sp³-hybridized carbons (Fsp3) is 0.250. The van der Waals surface area contributed by atoms with E-state index in [2.05, 4.69) is 9.72 Å². The summed E-state index contributed by atoms with van der Waals surface area (Å²) in [5, 5.41) is 0.688. The first-order valence-electron chi connectivity index (χ1n) is 5.23. The van der Waals surface area contributed by atoms with Gasteiger partial charge in [-0.2, -0.15) is 0 Å². The summed E-state index contributed by atoms with van der Waals surface area (Å²) in [5.41, 5.74) is 1.08. The van der Waals surface area contributed by atoms with Crippen molar-refractivity contribution < 1.29 is 22.6 Å². The SMILES string of the molecule is COCc1cc(Cl)c2cc(OC(F)(F)F)ccc2n1. The Morgan fingerprint density at radius 2 is 2.00 bits per heavy atom. The van der Waals surface area contributed by atoms with Gasteiger partial charge in [-0.1, -0.05) is 11.6 Å². The topological polar surface area (TPSA) is 31.4 Å². The first-order valence-corrected chi connectivity index (χ1v) is 5.61. The third-order valence-corrected chi connectivity index (χ3v) is 2.62. The molecule has 1 heterocycles. The largest absolute Gasteiger partial charge is 0.573 e. The molecular weight excluding hydrogens is 283 g/mol. The summed E-state index contributed by atoms with van der Waals surface area (Å²) in [6.07, 6.45) is -4.73. The lowest BCUT2D eigenvalue weighted by atomic mass is 10.2. The Balaban J connectivity index is 2.43. The molecule has 0 radical (unpaired) electrons. The number of aromatic nitrogens is 1. The van der Waals surface area contributed by atoms with Crippen LogP contribution < -0.4 is 4.74 Å². The van der Waals surface area contributed by atoms with Crippen LogP contribution in [0.5, 0.6) is 5.75 Å². The fourth-order valence-corrected chi connectivity index (χ4v) is 1.91. The van der Waals surface area contributed by atoms with Crippen LogP contribution in [-0.2, 0) is 11.3 Å². The van der Waals surface area contributed by atoms with Crippen molar-refractivity contribution in [3.8, 4) is 5.75 Å². The Morgan fingerprint density at radius 3 is 2.63 bits per heavy atom. The summed E-state index contributed by atoms with van der Waals surface area (Å²) >= 11 is 6.01. The fourth-order valence-electron chi connectivity index (χ4n) is 1.63. The van der Waals surface area contributed by atoms with E-state index < -0.39 is 6.36 Å². The van der Waals surface area contributed by atoms with Gasteiger partial charge in [0.15, 0.2) is 0 Å². The second-order valence-corrected chi connectivity index (χ2v) is 4.16. The van der Waals surface area contributed by atoms with Gasteiger partial charge in [-0.15, -0.1) is 13.2 Å². The van der Waals surface area contributed by atoms with E-state index in [1.165, 1.54) is 25.3 Å². The molecule has 1 aromatic heterocycles. The Hall–Kier alpha value is -1.53. The summed E-state index contributed by atoms with van der Waals surface area (Å²) in [4.78, 5) is 4.22. The second-order valence-electron chi connectivity index (χ2n) is 3.76. The third-order valence-electron chi connectivity index (χ3n) is 2.31. The maximum Gasteiger partial charge on any atom is 0.573 e. The predicted molar refractivity (Wildman–Crippen MR) is 64.1 cm³/mol. The molecule has 0 saturated heterocycles. The van der Waals surface area contributed by atoms with Crippen molar-refractivity contribution in [3.63, 3.8) is 0 Å². The van der Waals surface area contributed by atoms with E-state index in [1.807, 2.05) is 0 Å². The van der Waals surface area contributed by atoms with Gasteiger partial charge in [0.25, 0.3) is 0 Å². The van der Waals surface area contributed by atoms with Crippen LogP contribution in [0.25, 0.3) is 10.9 Å². The lowest BCUT2D eigenvalue weighted by Gasteiger charge is -2.10. The lowest BCUT2D eigenvalue weighted by Crippen LogP contribution is -2.17. The van der Waals surface area contributed by atoms with Crippen LogP contribution in [0.2, 0.25) is 5.02 Å². The molecule has 0 bridgehead atoms. The molecule has 0 amide bonds. The van der Waals surface area contributed by atoms with Crippen LogP contribution in [0.15, 0.2) is 24.3 Å². The van der Waals surface area contributed by atoms with E-state index in [-0.39, 0.29) is 12.4 Å². The molecule has 0 fully saturated rings. The highest BCUT2D eigenvalue weighted by Crippen LogP contribution is 2.30. The van der Waals surface area contributed by atoms with Crippen LogP contribution in [-0.4, -0.2) is 18.5 Å². The van der Waals surface area contributed by atoms with Gasteiger partial charge < -0.3 is 9.47 Å². The number of hydrogen-bond acceptors (Lipinski definition) is 3. The number of fused-ring (bicyclic) bond motifs is 1. The van der Waals surface area contributed by atoms with Crippen molar-refractivity contribution in [2.24, 2.45) is 0 Å². The van der Waals surface area contributed by atoms with E-state index in [9.17, 15) is 13.2 Å². The number of pyridine rings is 1. The van der Waals surface area contributed by atoms with Gasteiger partial charge in [-0.25, -0.2) is 0 Å². The first-order chi connectivity index (χ1) is 8.89. The number of ether oxygens (including phenoxy) is 2. The molecule has 0 atom stereocenters. The molecule has 0 unspecified atom stereocenters. The Kier molecular flexibility index (Phi) is 3.82. The minimum atomic E-state index is -4.73. The van der Waals surface area contributed by atoms with Crippen molar-refractivity contribution in [3.05, 3.63) is 35.0 Å². The molecule has 0 saturated carbocycles. The molecule has 3 nitrogen and oxygen atoms in total. The molecule has 0 spiro atoms. The van der Waals surface area contributed by atoms with E-state index in [1.54, 1.807) is 6.07 Å². The first kappa shape index (κ1) is 13.9. The highest BCUT2D eigenvalue weighted by Gasteiger charge is 2.31. The van der Waals surface area contributed by atoms with Crippen molar-refractivity contribution in [1.82, 2.24) is 4.98 Å². The maximum absolute atomic E-state index is 12.1. The number of alkyl halides is 3. The summed E-state index contributed by atoms with van der Waals surface area (Å²) in [7, 11) is 1.51. The molecule has 0 aliphatic rings. The van der Waals surface area contributed by atoms with Crippen LogP contribution in [0.4, 0.5) is 13.2 Å². The van der Waals surface area contributed by atoms with Gasteiger partial charge in [0, 0.05) is 12.5 Å². The zero-order chi connectivity index (χ0) is 14.0. The average molecular weight is 292 g/mol. The van der Waals surface area contributed by atoms with E-state index in [4.69, 9.17) is 16.3 Å². The number of rotatable bonds is 3. The minimum absolute atomic E-state index is 0.274. The molecule has 102 valence electrons. The summed E-state index contributed by atoms with van der Waals surface area (Å²) in [5.74, 6) is -0.330. The van der Waals surface area contributed by atoms with Crippen molar-refractivity contribution in [2.45, 2.75) is 13.0 Å². The molecular formula is C12H9ClF3NO2. The highest BCUT2D eigenvalue weighted by molar-refractivity contribution is 6.35. The van der Waals surface area contributed by atoms with Gasteiger partial charge in [0.2, 0.25) is 0 Å². The standard InChI is InChI=1S/C12H9ClF3NO2/c1-18-6-7-4-10(13)9-5-8(19-12(14,15)16)2-3-11(9)17-7/h2-5H,6H2,1H3. The van der Waals surface area contributed by atoms with Gasteiger partial charge in [0.1, 0.15) is 5.75 Å². The Morgan fingerprint density at radius 1 is 1.26 bits per heavy atom. The summed E-state index contributed by atoms with van der Waals surface area (Å²) < 4.78 is 45.1. The van der Waals surface area contributed by atoms with Gasteiger partial charge in [-0.3, -0.25) is 4.98 Å². The molecule has 1 aromatic carbocycles. The normalized spacial score (nSPS) is 11.8. The van der Waals surface area contributed by atoms with Crippen molar-refractivity contribution >= 4 is 22.5 Å². The predicted octanol–water partition coefficient (Wildman–Crippen LogP) is 3.93. The molecule has 19 heavy (non-hydrogen) atoms. The average Bonchev–Trinajstić information content (AvgIpc) is 2.28. The second kappa shape index (κ2) is 5.22. The quantitative estimate of drug-likeness (QED) is 0.858. The molecule has 0 aliphatic heterocycles. The zero-order valence-electron chi connectivity index (χ0n) is 9.79. The van der Waals surface area contributed by atoms with Crippen LogP contribution in [0.3, 0.4) is 0 Å². The smallest absolute Gasteiger partial charge is 0.406 e. The van der Waals surface area contributed by atoms with Crippen LogP contribution in [0, 0.1) is 0 Å². The maximum atomic E-state index is 12.1. The van der Waals surface area contributed by atoms with Gasteiger partial charge in [0.05, 0.1) is 22.8 Å². The van der Waals surface area contributed by atoms with E-state index >= 15 is 0 Å². The Bertz CT molecular complexity index is 601. The monoisotopic (exact) mass is 291 g/mol. The van der Waals surface area contributed by atoms with Crippen molar-refractivity contribution in [1.29, 1.82) is 0 Å². The van der Waals surface area contributed by atoms with Gasteiger partial charge in [-0.05, 0) is 24.3 Å². The zero-order valence-corrected chi connectivity index (χ0v) is 10.5. The molecule has 2 rings (SSSR count). The number of methoxy groups -OCH3 is 1. The third kappa shape index (κ3) is 3.48. The molecule has 2 aromatic rings. The number of benzene rings is 1.